The molecule has 0 saturated carbocycles. The molecule has 13 heteroatoms. The molecule has 0 amide bonds. The van der Waals surface area contributed by atoms with Gasteiger partial charge in [0.15, 0.2) is 28.4 Å². The van der Waals surface area contributed by atoms with E-state index in [2.05, 4.69) is 34.9 Å². The molecule has 0 radical (unpaired) electrons. The highest BCUT2D eigenvalue weighted by Gasteiger charge is 2.20. The van der Waals surface area contributed by atoms with E-state index in [1.54, 1.807) is 10.9 Å². The van der Waals surface area contributed by atoms with Crippen LogP contribution in [0.5, 0.6) is 0 Å². The summed E-state index contributed by atoms with van der Waals surface area (Å²) in [4.78, 5) is 24.4. The highest BCUT2D eigenvalue weighted by molar-refractivity contribution is 5.81. The Kier molecular flexibility index (Phi) is 6.61. The molecule has 4 aromatic heterocycles. The molecule has 5 heterocycles. The topological polar surface area (TPSA) is 159 Å². The molecule has 4 aromatic rings. The molecule has 1 fully saturated rings. The van der Waals surface area contributed by atoms with E-state index in [9.17, 15) is 8.78 Å². The normalized spacial score (nSPS) is 15.9. The number of imidazole rings is 2. The van der Waals surface area contributed by atoms with Gasteiger partial charge in [0.1, 0.15) is 11.7 Å². The minimum absolute atomic E-state index is 0.0575. The third-order valence-electron chi connectivity index (χ3n) is 4.17. The van der Waals surface area contributed by atoms with Crippen molar-refractivity contribution in [3.63, 3.8) is 0 Å². The Labute approximate surface area is 169 Å². The molecule has 30 heavy (non-hydrogen) atoms. The molecule has 1 saturated heterocycles. The molecule has 1 atom stereocenters. The monoisotopic (exact) mass is 420 g/mol. The van der Waals surface area contributed by atoms with Crippen molar-refractivity contribution in [2.24, 2.45) is 0 Å². The van der Waals surface area contributed by atoms with Crippen LogP contribution in [0.1, 0.15) is 39.3 Å². The number of rotatable bonds is 1. The maximum Gasteiger partial charge on any atom is 0.312 e. The lowest BCUT2D eigenvalue weighted by Gasteiger charge is -2.23. The van der Waals surface area contributed by atoms with Gasteiger partial charge in [0.2, 0.25) is 0 Å². The fraction of sp³-hybridized carbons (Fsp3) is 0.412. The minimum Gasteiger partial charge on any atom is -0.382 e. The zero-order valence-corrected chi connectivity index (χ0v) is 16.5. The average molecular weight is 420 g/mol. The van der Waals surface area contributed by atoms with Gasteiger partial charge in [-0.1, -0.05) is 13.8 Å². The second kappa shape index (κ2) is 9.35. The summed E-state index contributed by atoms with van der Waals surface area (Å²) in [5, 5.41) is 0. The fourth-order valence-electron chi connectivity index (χ4n) is 2.89. The van der Waals surface area contributed by atoms with E-state index in [0.717, 1.165) is 19.3 Å². The summed E-state index contributed by atoms with van der Waals surface area (Å²) in [6.45, 7) is 4.70. The predicted octanol–water partition coefficient (Wildman–Crippen LogP) is 2.35. The molecule has 1 unspecified atom stereocenters. The Morgan fingerprint density at radius 3 is 2.50 bits per heavy atom. The van der Waals surface area contributed by atoms with E-state index in [4.69, 9.17) is 16.2 Å². The van der Waals surface area contributed by atoms with Crippen molar-refractivity contribution < 1.29 is 13.5 Å². The number of nitrogen functional groups attached to an aromatic ring is 2. The van der Waals surface area contributed by atoms with Gasteiger partial charge in [0, 0.05) is 6.61 Å². The number of aromatic amines is 1. The summed E-state index contributed by atoms with van der Waals surface area (Å²) in [7, 11) is 0. The van der Waals surface area contributed by atoms with Crippen LogP contribution in [0.4, 0.5) is 20.4 Å². The van der Waals surface area contributed by atoms with Crippen LogP contribution in [0.2, 0.25) is 0 Å². The van der Waals surface area contributed by atoms with Crippen molar-refractivity contribution in [1.29, 1.82) is 0 Å². The van der Waals surface area contributed by atoms with Crippen molar-refractivity contribution in [3.05, 3.63) is 24.8 Å². The average Bonchev–Trinajstić information content (AvgIpc) is 3.38. The van der Waals surface area contributed by atoms with E-state index in [0.29, 0.717) is 23.3 Å². The third-order valence-corrected chi connectivity index (χ3v) is 4.17. The van der Waals surface area contributed by atoms with E-state index in [1.807, 2.05) is 13.8 Å². The number of anilines is 2. The predicted molar refractivity (Wildman–Crippen MR) is 106 cm³/mol. The number of nitrogens with two attached hydrogens (primary N) is 2. The van der Waals surface area contributed by atoms with Crippen LogP contribution < -0.4 is 11.5 Å². The quantitative estimate of drug-likeness (QED) is 0.393. The highest BCUT2D eigenvalue weighted by Crippen LogP contribution is 2.26. The smallest absolute Gasteiger partial charge is 0.312 e. The van der Waals surface area contributed by atoms with Gasteiger partial charge in [0.05, 0.1) is 12.7 Å². The lowest BCUT2D eigenvalue weighted by atomic mass is 10.2. The fourth-order valence-corrected chi connectivity index (χ4v) is 2.89. The molecule has 1 aliphatic rings. The summed E-state index contributed by atoms with van der Waals surface area (Å²) in [6, 6.07) is 0. The number of hydrogen-bond donors (Lipinski definition) is 3. The number of fused-ring (bicyclic) bond motifs is 2. The summed E-state index contributed by atoms with van der Waals surface area (Å²) < 4.78 is 32.9. The molecular formula is C17H22F2N10O. The number of aromatic nitrogens is 8. The molecule has 11 nitrogen and oxygen atoms in total. The SMILES string of the molecule is CC.Nc1nc(F)nc2c1ncn2C1CCCCO1.Nc1nc(F)nc2nc[nH]c12. The molecule has 5 N–H and O–H groups in total. The maximum absolute atomic E-state index is 13.1. The van der Waals surface area contributed by atoms with Crippen LogP contribution in [0, 0.1) is 12.2 Å². The molecule has 0 aromatic carbocycles. The molecule has 0 bridgehead atoms. The van der Waals surface area contributed by atoms with Gasteiger partial charge in [-0.15, -0.1) is 0 Å². The van der Waals surface area contributed by atoms with E-state index < -0.39 is 12.2 Å². The van der Waals surface area contributed by atoms with Crippen molar-refractivity contribution >= 4 is 34.0 Å². The van der Waals surface area contributed by atoms with Gasteiger partial charge in [-0.25, -0.2) is 9.97 Å². The van der Waals surface area contributed by atoms with E-state index in [1.165, 1.54) is 6.33 Å². The number of ether oxygens (including phenoxy) is 1. The van der Waals surface area contributed by atoms with Crippen LogP contribution in [0.3, 0.4) is 0 Å². The molecule has 160 valence electrons. The zero-order valence-electron chi connectivity index (χ0n) is 16.5. The zero-order chi connectivity index (χ0) is 21.7. The first-order chi connectivity index (χ1) is 14.5. The van der Waals surface area contributed by atoms with Crippen LogP contribution in [0.15, 0.2) is 12.7 Å². The lowest BCUT2D eigenvalue weighted by Crippen LogP contribution is -2.18. The Morgan fingerprint density at radius 2 is 1.77 bits per heavy atom. The Morgan fingerprint density at radius 1 is 1.03 bits per heavy atom. The molecular weight excluding hydrogens is 398 g/mol. The molecule has 0 spiro atoms. The Bertz CT molecular complexity index is 1120. The first-order valence-corrected chi connectivity index (χ1v) is 9.42. The van der Waals surface area contributed by atoms with Crippen molar-refractivity contribution in [2.75, 3.05) is 18.1 Å². The van der Waals surface area contributed by atoms with Gasteiger partial charge in [-0.3, -0.25) is 4.57 Å². The van der Waals surface area contributed by atoms with Crippen LogP contribution >= 0.6 is 0 Å². The number of hydrogen-bond acceptors (Lipinski definition) is 9. The lowest BCUT2D eigenvalue weighted by molar-refractivity contribution is -0.0298. The van der Waals surface area contributed by atoms with Crippen LogP contribution in [-0.4, -0.2) is 46.1 Å². The first-order valence-electron chi connectivity index (χ1n) is 9.42. The standard InChI is InChI=1S/C10H12FN5O.C5H4FN5.C2H6/c11-10-14-8(12)7-9(15-10)16(5-13-7)6-3-1-2-4-17-6;6-5-10-3(7)2-4(11-5)9-1-8-2;1-2/h5-6H,1-4H2,(H2,12,14,15);1H,(H3,7,8,9,10,11);1-2H3. The minimum atomic E-state index is -0.859. The Hall–Kier alpha value is -3.48. The van der Waals surface area contributed by atoms with E-state index in [-0.39, 0.29) is 23.5 Å². The van der Waals surface area contributed by atoms with Gasteiger partial charge < -0.3 is 21.2 Å². The van der Waals surface area contributed by atoms with Crippen LogP contribution in [0.25, 0.3) is 22.3 Å². The molecule has 1 aliphatic heterocycles. The molecule has 0 aliphatic carbocycles. The van der Waals surface area contributed by atoms with Gasteiger partial charge in [-0.05, 0) is 19.3 Å². The number of nitrogens with one attached hydrogen (secondary N) is 1. The van der Waals surface area contributed by atoms with E-state index >= 15 is 0 Å². The van der Waals surface area contributed by atoms with Crippen molar-refractivity contribution in [1.82, 2.24) is 39.5 Å². The van der Waals surface area contributed by atoms with Gasteiger partial charge >= 0.3 is 12.2 Å². The number of halogens is 2. The summed E-state index contributed by atoms with van der Waals surface area (Å²) in [6.07, 6.45) is 4.12. The first kappa shape index (κ1) is 21.2. The highest BCUT2D eigenvalue weighted by atomic mass is 19.1. The Balaban J connectivity index is 0.000000170. The van der Waals surface area contributed by atoms with Crippen molar-refractivity contribution in [2.45, 2.75) is 39.3 Å². The summed E-state index contributed by atoms with van der Waals surface area (Å²) >= 11 is 0. The van der Waals surface area contributed by atoms with Gasteiger partial charge in [-0.2, -0.15) is 28.7 Å². The largest absolute Gasteiger partial charge is 0.382 e. The van der Waals surface area contributed by atoms with Gasteiger partial charge in [0.25, 0.3) is 0 Å². The third kappa shape index (κ3) is 4.40. The maximum atomic E-state index is 13.1. The number of nitrogens with zero attached hydrogens (tertiary/aromatic N) is 7. The summed E-state index contributed by atoms with van der Waals surface area (Å²) in [5.41, 5.74) is 12.4. The summed E-state index contributed by atoms with van der Waals surface area (Å²) in [5.74, 6) is 0.132. The second-order valence-corrected chi connectivity index (χ2v) is 6.00. The second-order valence-electron chi connectivity index (χ2n) is 6.00. The van der Waals surface area contributed by atoms with Crippen molar-refractivity contribution in [3.8, 4) is 0 Å². The molecule has 5 rings (SSSR count). The van der Waals surface area contributed by atoms with Crippen LogP contribution in [-0.2, 0) is 4.74 Å². The number of H-pyrrole nitrogens is 1.